The van der Waals surface area contributed by atoms with Crippen molar-refractivity contribution in [3.63, 3.8) is 0 Å². The number of aliphatic hydroxyl groups is 1. The Labute approximate surface area is 482 Å². The van der Waals surface area contributed by atoms with Crippen LogP contribution in [0.5, 0.6) is 5.75 Å². The lowest BCUT2D eigenvalue weighted by Crippen LogP contribution is -2.48. The second-order valence-electron chi connectivity index (χ2n) is 25.6. The van der Waals surface area contributed by atoms with E-state index in [0.29, 0.717) is 11.3 Å². The maximum absolute atomic E-state index is 11.2. The number of carboxylic acid groups (broad SMARTS) is 3. The molecule has 8 nitrogen and oxygen atoms in total. The molecular formula is C72H94O8. The van der Waals surface area contributed by atoms with Crippen LogP contribution in [0.4, 0.5) is 0 Å². The smallest absolute Gasteiger partial charge is 0.335 e. The molecule has 0 aliphatic heterocycles. The number of carbonyl (C=O) groups is 3. The number of aromatic hydroxyl groups is 1. The number of phenols is 1. The SMILES string of the molecule is C.CC1(C)CCC(C)(C)c2cc(C(O)/C=C/c3ccc(C(=O)O)cc3)ccc21.CC1=C(/C=C/C(C)=C\C=C\C(C)=C\C(=O)O)C(C)(C)CCC1.O=C(O)c1ccc2cc(-c3ccc(O)c(C45CC6CC(CC(C6)C4)C5)c3)ccc2c1.[HH].[HH].[HH].[HH]. The van der Waals surface area contributed by atoms with Crippen LogP contribution in [0, 0.1) is 23.2 Å². The van der Waals surface area contributed by atoms with Crippen molar-refractivity contribution in [2.45, 2.75) is 163 Å². The van der Waals surface area contributed by atoms with Crippen LogP contribution in [0.15, 0.2) is 162 Å². The topological polar surface area (TPSA) is 152 Å². The van der Waals surface area contributed by atoms with E-state index >= 15 is 0 Å². The highest BCUT2D eigenvalue weighted by Gasteiger charge is 2.52. The number of aliphatic carboxylic acids is 1. The van der Waals surface area contributed by atoms with Gasteiger partial charge in [0.1, 0.15) is 5.75 Å². The summed E-state index contributed by atoms with van der Waals surface area (Å²) in [4.78, 5) is 32.7. The van der Waals surface area contributed by atoms with Crippen molar-refractivity contribution in [3.05, 3.63) is 201 Å². The minimum atomic E-state index is -0.940. The van der Waals surface area contributed by atoms with Gasteiger partial charge in [0.05, 0.1) is 17.2 Å². The summed E-state index contributed by atoms with van der Waals surface area (Å²) >= 11 is 0. The van der Waals surface area contributed by atoms with E-state index in [9.17, 15) is 29.7 Å². The van der Waals surface area contributed by atoms with E-state index in [1.807, 2.05) is 48.6 Å². The first-order chi connectivity index (χ1) is 37.3. The van der Waals surface area contributed by atoms with E-state index in [-0.39, 0.29) is 40.4 Å². The van der Waals surface area contributed by atoms with Crippen LogP contribution >= 0.6 is 0 Å². The number of allylic oxidation sites excluding steroid dienone is 9. The number of phenolic OH excluding ortho intramolecular Hbond substituents is 1. The highest BCUT2D eigenvalue weighted by Crippen LogP contribution is 2.62. The molecule has 0 amide bonds. The van der Waals surface area contributed by atoms with Crippen LogP contribution in [0.3, 0.4) is 0 Å². The van der Waals surface area contributed by atoms with Crippen LogP contribution in [-0.2, 0) is 21.0 Å². The Hall–Kier alpha value is -7.03. The van der Waals surface area contributed by atoms with E-state index < -0.39 is 24.0 Å². The van der Waals surface area contributed by atoms with E-state index in [2.05, 4.69) is 97.9 Å². The first kappa shape index (κ1) is 60.6. The van der Waals surface area contributed by atoms with Crippen LogP contribution in [0.1, 0.15) is 201 Å². The van der Waals surface area contributed by atoms with E-state index in [0.717, 1.165) is 73.9 Å². The second-order valence-corrected chi connectivity index (χ2v) is 25.6. The Morgan fingerprint density at radius 3 is 1.80 bits per heavy atom. The molecule has 5 aromatic carbocycles. The Balaban J connectivity index is 0.000000325. The molecule has 4 saturated carbocycles. The van der Waals surface area contributed by atoms with Gasteiger partial charge in [-0.2, -0.15) is 0 Å². The normalized spacial score (nSPS) is 22.9. The predicted molar refractivity (Wildman–Crippen MR) is 336 cm³/mol. The Kier molecular flexibility index (Phi) is 18.8. The fraction of sp³-hybridized carbons (Fsp3) is 0.403. The average Bonchev–Trinajstić information content (AvgIpc) is 3.38. The lowest BCUT2D eigenvalue weighted by molar-refractivity contribution is -0.131. The fourth-order valence-electron chi connectivity index (χ4n) is 13.9. The van der Waals surface area contributed by atoms with Crippen molar-refractivity contribution in [1.29, 1.82) is 0 Å². The first-order valence-corrected chi connectivity index (χ1v) is 28.4. The molecule has 1 unspecified atom stereocenters. The van der Waals surface area contributed by atoms with Crippen LogP contribution in [0.25, 0.3) is 28.0 Å². The summed E-state index contributed by atoms with van der Waals surface area (Å²) in [7, 11) is 0. The molecule has 5 N–H and O–H groups in total. The van der Waals surface area contributed by atoms with Gasteiger partial charge in [-0.15, -0.1) is 0 Å². The molecule has 0 radical (unpaired) electrons. The number of benzene rings is 5. The Morgan fingerprint density at radius 1 is 0.613 bits per heavy atom. The molecule has 6 aliphatic rings. The van der Waals surface area contributed by atoms with Crippen LogP contribution in [0.2, 0.25) is 0 Å². The number of rotatable bonds is 12. The number of hydrogen-bond donors (Lipinski definition) is 5. The molecule has 0 saturated heterocycles. The van der Waals surface area contributed by atoms with E-state index in [1.165, 1.54) is 92.6 Å². The van der Waals surface area contributed by atoms with Gasteiger partial charge in [-0.3, -0.25) is 0 Å². The highest BCUT2D eigenvalue weighted by atomic mass is 16.4. The quantitative estimate of drug-likeness (QED) is 0.0612. The van der Waals surface area contributed by atoms with E-state index in [1.54, 1.807) is 55.5 Å². The van der Waals surface area contributed by atoms with E-state index in [4.69, 9.17) is 10.2 Å². The zero-order valence-electron chi connectivity index (χ0n) is 47.9. The third-order valence-electron chi connectivity index (χ3n) is 18.0. The summed E-state index contributed by atoms with van der Waals surface area (Å²) in [6.07, 6.45) is 28.0. The summed E-state index contributed by atoms with van der Waals surface area (Å²) in [6.45, 7) is 19.8. The molecule has 430 valence electrons. The summed E-state index contributed by atoms with van der Waals surface area (Å²) < 4.78 is 0. The Bertz CT molecular complexity index is 3280. The molecule has 0 spiro atoms. The van der Waals surface area contributed by atoms with Gasteiger partial charge in [-0.05, 0) is 229 Å². The van der Waals surface area contributed by atoms with Crippen LogP contribution in [-0.4, -0.2) is 43.4 Å². The van der Waals surface area contributed by atoms with Crippen molar-refractivity contribution >= 4 is 34.8 Å². The average molecular weight is 1090 g/mol. The van der Waals surface area contributed by atoms with Gasteiger partial charge in [-0.25, -0.2) is 14.4 Å². The summed E-state index contributed by atoms with van der Waals surface area (Å²) in [6, 6.07) is 30.5. The molecule has 1 atom stereocenters. The largest absolute Gasteiger partial charge is 0.508 e. The standard InChI is InChI=1S/C27H26O3.C24H28O3.C20H28O2.CH4.4H2/c28-25-6-5-22(20-1-2-21-11-23(26(29)30)4-3-19(21)10-20)12-24(25)27-13-16-7-17(14-27)9-18(8-16)15-27;1-23(2)13-14-24(3,4)20-15-18(10-11-19(20)23)21(25)12-7-16-5-8-17(9-6-16)22(26)27;1-15(8-6-9-16(2)14-19(21)22)11-12-18-17(3)10-7-13-20(18,4)5;;;;;/h1-6,10-12,16-18,28H,7-9,13-15H2,(H,29,30);5-12,15,21,25H,13-14H2,1-4H3,(H,26,27);6,8-9,11-12,14H,7,10,13H2,1-5H3,(H,21,22);1H4;4*1H/b;12-7+;9-6+,12-11+,15-8-,16-14+;;;;;. The highest BCUT2D eigenvalue weighted by molar-refractivity contribution is 5.96. The molecule has 8 heteroatoms. The number of fused-ring (bicyclic) bond motifs is 2. The zero-order valence-corrected chi connectivity index (χ0v) is 47.9. The lowest BCUT2D eigenvalue weighted by atomic mass is 9.48. The summed E-state index contributed by atoms with van der Waals surface area (Å²) in [5.74, 6) is 0.206. The molecule has 4 fully saturated rings. The van der Waals surface area contributed by atoms with Crippen molar-refractivity contribution in [2.24, 2.45) is 23.2 Å². The summed E-state index contributed by atoms with van der Waals surface area (Å²) in [5.41, 5.74) is 13.9. The van der Waals surface area contributed by atoms with Gasteiger partial charge >= 0.3 is 17.9 Å². The zero-order chi connectivity index (χ0) is 57.0. The monoisotopic (exact) mass is 1090 g/mol. The lowest BCUT2D eigenvalue weighted by Gasteiger charge is -2.57. The minimum Gasteiger partial charge on any atom is -0.508 e. The van der Waals surface area contributed by atoms with Gasteiger partial charge in [0.25, 0.3) is 0 Å². The minimum absolute atomic E-state index is 0. The number of hydrogen-bond acceptors (Lipinski definition) is 5. The van der Waals surface area contributed by atoms with Crippen molar-refractivity contribution in [3.8, 4) is 16.9 Å². The van der Waals surface area contributed by atoms with Crippen molar-refractivity contribution in [1.82, 2.24) is 0 Å². The number of carboxylic acids is 3. The molecule has 5 aromatic rings. The van der Waals surface area contributed by atoms with Crippen molar-refractivity contribution in [2.75, 3.05) is 0 Å². The Morgan fingerprint density at radius 2 is 1.19 bits per heavy atom. The number of aliphatic hydroxyl groups excluding tert-OH is 1. The predicted octanol–water partition coefficient (Wildman–Crippen LogP) is 19.1. The molecule has 80 heavy (non-hydrogen) atoms. The molecular weight excluding hydrogens is 993 g/mol. The molecule has 0 heterocycles. The number of aromatic carboxylic acids is 2. The van der Waals surface area contributed by atoms with Gasteiger partial charge < -0.3 is 25.5 Å². The second kappa shape index (κ2) is 24.8. The van der Waals surface area contributed by atoms with Gasteiger partial charge in [-0.1, -0.05) is 157 Å². The fourth-order valence-corrected chi connectivity index (χ4v) is 13.9. The molecule has 6 aliphatic carbocycles. The van der Waals surface area contributed by atoms with Crippen molar-refractivity contribution < 1.29 is 45.6 Å². The van der Waals surface area contributed by atoms with Gasteiger partial charge in [0, 0.05) is 17.3 Å². The maximum Gasteiger partial charge on any atom is 0.335 e. The summed E-state index contributed by atoms with van der Waals surface area (Å²) in [5, 5.41) is 50.3. The van der Waals surface area contributed by atoms with Crippen LogP contribution < -0.4 is 0 Å². The molecule has 0 aromatic heterocycles. The third kappa shape index (κ3) is 14.3. The van der Waals surface area contributed by atoms with Gasteiger partial charge in [0.15, 0.2) is 0 Å². The maximum atomic E-state index is 11.2. The first-order valence-electron chi connectivity index (χ1n) is 28.4. The van der Waals surface area contributed by atoms with Gasteiger partial charge in [0.2, 0.25) is 0 Å². The third-order valence-corrected chi connectivity index (χ3v) is 18.0. The molecule has 4 bridgehead atoms. The molecule has 11 rings (SSSR count).